The van der Waals surface area contributed by atoms with Crippen LogP contribution in [0.3, 0.4) is 0 Å². The van der Waals surface area contributed by atoms with E-state index in [2.05, 4.69) is 5.32 Å². The number of carboxylic acid groups (broad SMARTS) is 1. The van der Waals surface area contributed by atoms with Gasteiger partial charge in [0.05, 0.1) is 12.0 Å². The van der Waals surface area contributed by atoms with E-state index >= 15 is 0 Å². The normalized spacial score (nSPS) is 15.1. The van der Waals surface area contributed by atoms with Crippen LogP contribution < -0.4 is 5.32 Å². The number of benzene rings is 1. The molecule has 0 atom stereocenters. The lowest BCUT2D eigenvalue weighted by atomic mass is 9.98. The van der Waals surface area contributed by atoms with Gasteiger partial charge in [0.15, 0.2) is 0 Å². The highest BCUT2D eigenvalue weighted by atomic mass is 16.4. The molecule has 6 nitrogen and oxygen atoms in total. The van der Waals surface area contributed by atoms with Gasteiger partial charge in [-0.15, -0.1) is 0 Å². The van der Waals surface area contributed by atoms with E-state index in [-0.39, 0.29) is 35.8 Å². The fourth-order valence-corrected chi connectivity index (χ4v) is 3.42. The molecule has 1 heterocycles. The quantitative estimate of drug-likeness (QED) is 0.782. The van der Waals surface area contributed by atoms with Crippen LogP contribution in [0.1, 0.15) is 55.5 Å². The SMILES string of the molecule is CCC(CC)C(=O)N1CCC(NC(=O)Cc2cccc(C(=O)O)c2)CC1. The molecule has 2 amide bonds. The zero-order valence-corrected chi connectivity index (χ0v) is 15.5. The Morgan fingerprint density at radius 2 is 1.85 bits per heavy atom. The van der Waals surface area contributed by atoms with Crippen molar-refractivity contribution in [2.75, 3.05) is 13.1 Å². The van der Waals surface area contributed by atoms with Crippen molar-refractivity contribution in [1.82, 2.24) is 10.2 Å². The van der Waals surface area contributed by atoms with Crippen LogP contribution in [0, 0.1) is 5.92 Å². The van der Waals surface area contributed by atoms with Crippen molar-refractivity contribution < 1.29 is 19.5 Å². The van der Waals surface area contributed by atoms with Gasteiger partial charge >= 0.3 is 5.97 Å². The highest BCUT2D eigenvalue weighted by Gasteiger charge is 2.27. The molecule has 1 fully saturated rings. The lowest BCUT2D eigenvalue weighted by Crippen LogP contribution is -2.48. The van der Waals surface area contributed by atoms with Crippen LogP contribution >= 0.6 is 0 Å². The number of nitrogens with one attached hydrogen (secondary N) is 1. The molecule has 0 saturated carbocycles. The van der Waals surface area contributed by atoms with Crippen molar-refractivity contribution in [3.05, 3.63) is 35.4 Å². The summed E-state index contributed by atoms with van der Waals surface area (Å²) in [4.78, 5) is 37.6. The van der Waals surface area contributed by atoms with E-state index in [9.17, 15) is 14.4 Å². The zero-order chi connectivity index (χ0) is 19.1. The maximum Gasteiger partial charge on any atom is 0.335 e. The van der Waals surface area contributed by atoms with E-state index in [4.69, 9.17) is 5.11 Å². The molecule has 2 N–H and O–H groups in total. The second kappa shape index (κ2) is 9.36. The number of carboxylic acids is 1. The fourth-order valence-electron chi connectivity index (χ4n) is 3.42. The van der Waals surface area contributed by atoms with Crippen LogP contribution in [-0.2, 0) is 16.0 Å². The third-order valence-corrected chi connectivity index (χ3v) is 5.05. The van der Waals surface area contributed by atoms with Crippen molar-refractivity contribution in [2.24, 2.45) is 5.92 Å². The second-order valence-electron chi connectivity index (χ2n) is 6.86. The van der Waals surface area contributed by atoms with Gasteiger partial charge in [0.2, 0.25) is 11.8 Å². The van der Waals surface area contributed by atoms with Gasteiger partial charge in [0, 0.05) is 25.0 Å². The number of carbonyl (C=O) groups is 3. The summed E-state index contributed by atoms with van der Waals surface area (Å²) in [6, 6.07) is 6.50. The first-order chi connectivity index (χ1) is 12.4. The van der Waals surface area contributed by atoms with Crippen LogP contribution in [0.25, 0.3) is 0 Å². The van der Waals surface area contributed by atoms with Crippen LogP contribution in [0.2, 0.25) is 0 Å². The predicted molar refractivity (Wildman–Crippen MR) is 98.9 cm³/mol. The summed E-state index contributed by atoms with van der Waals surface area (Å²) in [5.41, 5.74) is 0.868. The molecule has 0 radical (unpaired) electrons. The molecule has 0 aliphatic carbocycles. The average molecular weight is 360 g/mol. The van der Waals surface area contributed by atoms with Crippen molar-refractivity contribution in [3.63, 3.8) is 0 Å². The first kappa shape index (κ1) is 19.9. The fraction of sp³-hybridized carbons (Fsp3) is 0.550. The lowest BCUT2D eigenvalue weighted by Gasteiger charge is -2.34. The van der Waals surface area contributed by atoms with Gasteiger partial charge < -0.3 is 15.3 Å². The van der Waals surface area contributed by atoms with Gasteiger partial charge in [-0.05, 0) is 43.4 Å². The Morgan fingerprint density at radius 3 is 2.42 bits per heavy atom. The molecule has 1 aliphatic heterocycles. The summed E-state index contributed by atoms with van der Waals surface area (Å²) in [6.07, 6.45) is 3.40. The largest absolute Gasteiger partial charge is 0.478 e. The number of likely N-dealkylation sites (tertiary alicyclic amines) is 1. The second-order valence-corrected chi connectivity index (χ2v) is 6.86. The van der Waals surface area contributed by atoms with Gasteiger partial charge in [-0.25, -0.2) is 4.79 Å². The Hall–Kier alpha value is -2.37. The van der Waals surface area contributed by atoms with Crippen LogP contribution in [0.5, 0.6) is 0 Å². The van der Waals surface area contributed by atoms with Gasteiger partial charge in [-0.3, -0.25) is 9.59 Å². The van der Waals surface area contributed by atoms with E-state index in [0.29, 0.717) is 18.7 Å². The van der Waals surface area contributed by atoms with E-state index in [1.54, 1.807) is 12.1 Å². The number of hydrogen-bond acceptors (Lipinski definition) is 3. The van der Waals surface area contributed by atoms with Crippen molar-refractivity contribution in [2.45, 2.75) is 52.0 Å². The molecule has 0 aromatic heterocycles. The number of aromatic carboxylic acids is 1. The minimum absolute atomic E-state index is 0.0657. The average Bonchev–Trinajstić information content (AvgIpc) is 2.63. The third kappa shape index (κ3) is 5.31. The smallest absolute Gasteiger partial charge is 0.335 e. The minimum Gasteiger partial charge on any atom is -0.478 e. The third-order valence-electron chi connectivity index (χ3n) is 5.05. The number of rotatable bonds is 7. The van der Waals surface area contributed by atoms with Crippen molar-refractivity contribution >= 4 is 17.8 Å². The lowest BCUT2D eigenvalue weighted by molar-refractivity contribution is -0.137. The van der Waals surface area contributed by atoms with Gasteiger partial charge in [-0.1, -0.05) is 26.0 Å². The molecule has 142 valence electrons. The summed E-state index contributed by atoms with van der Waals surface area (Å²) in [5, 5.41) is 12.0. The Labute approximate surface area is 154 Å². The molecule has 2 rings (SSSR count). The first-order valence-electron chi connectivity index (χ1n) is 9.35. The standard InChI is InChI=1S/C20H28N2O4/c1-3-15(4-2)19(24)22-10-8-17(9-11-22)21-18(23)13-14-6-5-7-16(12-14)20(25)26/h5-7,12,15,17H,3-4,8-11,13H2,1-2H3,(H,21,23)(H,25,26). The Kier molecular flexibility index (Phi) is 7.18. The molecule has 1 aliphatic rings. The molecule has 0 spiro atoms. The highest BCUT2D eigenvalue weighted by molar-refractivity contribution is 5.88. The van der Waals surface area contributed by atoms with Crippen LogP contribution in [0.4, 0.5) is 0 Å². The molecule has 6 heteroatoms. The van der Waals surface area contributed by atoms with E-state index in [1.165, 1.54) is 12.1 Å². The summed E-state index contributed by atoms with van der Waals surface area (Å²) in [5.74, 6) is -0.785. The first-order valence-corrected chi connectivity index (χ1v) is 9.35. The summed E-state index contributed by atoms with van der Waals surface area (Å²) in [6.45, 7) is 5.43. The number of amides is 2. The van der Waals surface area contributed by atoms with Crippen LogP contribution in [0.15, 0.2) is 24.3 Å². The molecular formula is C20H28N2O4. The van der Waals surface area contributed by atoms with Crippen molar-refractivity contribution in [3.8, 4) is 0 Å². The maximum atomic E-state index is 12.4. The Balaban J connectivity index is 1.82. The molecule has 1 aromatic rings. The molecular weight excluding hydrogens is 332 g/mol. The Morgan fingerprint density at radius 1 is 1.19 bits per heavy atom. The summed E-state index contributed by atoms with van der Waals surface area (Å²) < 4.78 is 0. The van der Waals surface area contributed by atoms with E-state index < -0.39 is 5.97 Å². The molecule has 1 aromatic carbocycles. The Bertz CT molecular complexity index is 647. The minimum atomic E-state index is -0.998. The van der Waals surface area contributed by atoms with Gasteiger partial charge in [0.1, 0.15) is 0 Å². The van der Waals surface area contributed by atoms with Gasteiger partial charge in [-0.2, -0.15) is 0 Å². The highest BCUT2D eigenvalue weighted by Crippen LogP contribution is 2.17. The van der Waals surface area contributed by atoms with E-state index in [0.717, 1.165) is 25.7 Å². The maximum absolute atomic E-state index is 12.4. The predicted octanol–water partition coefficient (Wildman–Crippen LogP) is 2.47. The summed E-state index contributed by atoms with van der Waals surface area (Å²) >= 11 is 0. The van der Waals surface area contributed by atoms with Crippen LogP contribution in [-0.4, -0.2) is 46.9 Å². The van der Waals surface area contributed by atoms with E-state index in [1.807, 2.05) is 18.7 Å². The number of carbonyl (C=O) groups excluding carboxylic acids is 2. The number of hydrogen-bond donors (Lipinski definition) is 2. The monoisotopic (exact) mass is 360 g/mol. The summed E-state index contributed by atoms with van der Waals surface area (Å²) in [7, 11) is 0. The number of piperidine rings is 1. The zero-order valence-electron chi connectivity index (χ0n) is 15.5. The van der Waals surface area contributed by atoms with Crippen molar-refractivity contribution in [1.29, 1.82) is 0 Å². The molecule has 0 bridgehead atoms. The molecule has 1 saturated heterocycles. The molecule has 26 heavy (non-hydrogen) atoms. The molecule has 0 unspecified atom stereocenters. The topological polar surface area (TPSA) is 86.7 Å². The number of nitrogens with zero attached hydrogens (tertiary/aromatic N) is 1. The van der Waals surface area contributed by atoms with Gasteiger partial charge in [0.25, 0.3) is 0 Å².